The zero-order chi connectivity index (χ0) is 16.4. The largest absolute Gasteiger partial charge is 0.347 e. The van der Waals surface area contributed by atoms with Gasteiger partial charge in [-0.05, 0) is 37.8 Å². The average Bonchev–Trinajstić information content (AvgIpc) is 3.38. The predicted octanol–water partition coefficient (Wildman–Crippen LogP) is 2.95. The number of pyridine rings is 1. The summed E-state index contributed by atoms with van der Waals surface area (Å²) in [6.07, 6.45) is 7.94. The van der Waals surface area contributed by atoms with Crippen LogP contribution in [0.1, 0.15) is 42.3 Å². The fourth-order valence-corrected chi connectivity index (χ4v) is 4.42. The molecule has 2 fully saturated rings. The number of rotatable bonds is 6. The van der Waals surface area contributed by atoms with Gasteiger partial charge in [0, 0.05) is 57.0 Å². The molecule has 4 rings (SSSR count). The fraction of sp³-hybridized carbons (Fsp3) is 0.611. The first kappa shape index (κ1) is 16.0. The zero-order valence-corrected chi connectivity index (χ0v) is 15.1. The summed E-state index contributed by atoms with van der Waals surface area (Å²) < 4.78 is 0. The first-order chi connectivity index (χ1) is 11.8. The van der Waals surface area contributed by atoms with Crippen molar-refractivity contribution >= 4 is 16.5 Å². The summed E-state index contributed by atoms with van der Waals surface area (Å²) in [6, 6.07) is 6.76. The Hall–Kier alpha value is -1.53. The molecular formula is C18H25N5S. The van der Waals surface area contributed by atoms with Crippen LogP contribution in [-0.4, -0.2) is 52.8 Å². The fourth-order valence-electron chi connectivity index (χ4n) is 3.37. The summed E-state index contributed by atoms with van der Waals surface area (Å²) in [5.41, 5.74) is 1.19. The van der Waals surface area contributed by atoms with E-state index < -0.39 is 0 Å². The summed E-state index contributed by atoms with van der Waals surface area (Å²) in [5, 5.41) is 11.1. The molecule has 0 spiro atoms. The summed E-state index contributed by atoms with van der Waals surface area (Å²) in [4.78, 5) is 9.34. The van der Waals surface area contributed by atoms with Gasteiger partial charge in [0.05, 0.1) is 0 Å². The first-order valence-corrected chi connectivity index (χ1v) is 9.80. The molecule has 3 heterocycles. The lowest BCUT2D eigenvalue weighted by Gasteiger charge is -2.36. The molecule has 2 aliphatic rings. The van der Waals surface area contributed by atoms with Gasteiger partial charge in [0.1, 0.15) is 5.01 Å². The number of hydrogen-bond donors (Lipinski definition) is 0. The Labute approximate surface area is 147 Å². The lowest BCUT2D eigenvalue weighted by molar-refractivity contribution is 0.212. The Balaban J connectivity index is 1.26. The highest BCUT2D eigenvalue weighted by Gasteiger charge is 2.29. The van der Waals surface area contributed by atoms with Gasteiger partial charge in [-0.1, -0.05) is 17.4 Å². The van der Waals surface area contributed by atoms with E-state index in [2.05, 4.69) is 44.2 Å². The molecule has 128 valence electrons. The van der Waals surface area contributed by atoms with Crippen molar-refractivity contribution in [2.45, 2.75) is 44.1 Å². The van der Waals surface area contributed by atoms with Gasteiger partial charge >= 0.3 is 0 Å². The van der Waals surface area contributed by atoms with Crippen LogP contribution in [0.2, 0.25) is 0 Å². The van der Waals surface area contributed by atoms with Crippen LogP contribution in [0.3, 0.4) is 0 Å². The van der Waals surface area contributed by atoms with Crippen LogP contribution < -0.4 is 4.90 Å². The number of likely N-dealkylation sites (tertiary alicyclic amines) is 1. The van der Waals surface area contributed by atoms with E-state index in [1.807, 2.05) is 12.3 Å². The SMILES string of the molecule is CN(c1nnc(C2CC2)s1)C1CCN(CCc2ccccn2)CC1. The van der Waals surface area contributed by atoms with Gasteiger partial charge in [0.15, 0.2) is 0 Å². The topological polar surface area (TPSA) is 45.2 Å². The van der Waals surface area contributed by atoms with Crippen LogP contribution in [0.25, 0.3) is 0 Å². The highest BCUT2D eigenvalue weighted by Crippen LogP contribution is 2.42. The summed E-state index contributed by atoms with van der Waals surface area (Å²) in [5.74, 6) is 0.707. The van der Waals surface area contributed by atoms with E-state index in [0.717, 1.165) is 31.2 Å². The lowest BCUT2D eigenvalue weighted by atomic mass is 10.0. The predicted molar refractivity (Wildman–Crippen MR) is 97.7 cm³/mol. The van der Waals surface area contributed by atoms with Gasteiger partial charge in [-0.2, -0.15) is 0 Å². The Kier molecular flexibility index (Phi) is 4.76. The highest BCUT2D eigenvalue weighted by molar-refractivity contribution is 7.15. The summed E-state index contributed by atoms with van der Waals surface area (Å²) >= 11 is 1.80. The molecule has 0 amide bonds. The standard InChI is InChI=1S/C18H25N5S/c1-22(18-21-20-17(24-18)14-5-6-14)16-8-12-23(13-9-16)11-7-15-4-2-3-10-19-15/h2-4,10,14,16H,5-9,11-13H2,1H3. The Morgan fingerprint density at radius 2 is 2.00 bits per heavy atom. The minimum absolute atomic E-state index is 0.594. The maximum atomic E-state index is 4.42. The van der Waals surface area contributed by atoms with Crippen molar-refractivity contribution in [2.75, 3.05) is 31.6 Å². The van der Waals surface area contributed by atoms with Gasteiger partial charge in [-0.25, -0.2) is 0 Å². The molecule has 5 nitrogen and oxygen atoms in total. The Morgan fingerprint density at radius 3 is 2.71 bits per heavy atom. The van der Waals surface area contributed by atoms with Crippen molar-refractivity contribution < 1.29 is 0 Å². The van der Waals surface area contributed by atoms with E-state index in [4.69, 9.17) is 0 Å². The molecule has 0 aromatic carbocycles. The summed E-state index contributed by atoms with van der Waals surface area (Å²) in [6.45, 7) is 3.43. The molecule has 2 aromatic rings. The van der Waals surface area contributed by atoms with Crippen molar-refractivity contribution in [1.29, 1.82) is 0 Å². The van der Waals surface area contributed by atoms with Gasteiger partial charge in [-0.15, -0.1) is 10.2 Å². The molecule has 1 aliphatic heterocycles. The van der Waals surface area contributed by atoms with E-state index in [0.29, 0.717) is 12.0 Å². The molecular weight excluding hydrogens is 318 g/mol. The van der Waals surface area contributed by atoms with E-state index in [1.165, 1.54) is 36.4 Å². The third-order valence-corrected chi connectivity index (χ3v) is 6.35. The quantitative estimate of drug-likeness (QED) is 0.807. The number of piperidine rings is 1. The summed E-state index contributed by atoms with van der Waals surface area (Å²) in [7, 11) is 2.19. The lowest BCUT2D eigenvalue weighted by Crippen LogP contribution is -2.44. The second-order valence-electron chi connectivity index (χ2n) is 6.95. The molecule has 0 bridgehead atoms. The van der Waals surface area contributed by atoms with Crippen LogP contribution in [-0.2, 0) is 6.42 Å². The molecule has 2 aromatic heterocycles. The van der Waals surface area contributed by atoms with Crippen LogP contribution in [0.15, 0.2) is 24.4 Å². The number of hydrogen-bond acceptors (Lipinski definition) is 6. The molecule has 1 saturated heterocycles. The van der Waals surface area contributed by atoms with Crippen molar-refractivity contribution in [3.05, 3.63) is 35.1 Å². The third kappa shape index (κ3) is 3.75. The van der Waals surface area contributed by atoms with Gasteiger partial charge in [0.2, 0.25) is 5.13 Å². The average molecular weight is 344 g/mol. The Bertz CT molecular complexity index is 646. The number of aromatic nitrogens is 3. The van der Waals surface area contributed by atoms with E-state index >= 15 is 0 Å². The van der Waals surface area contributed by atoms with Gasteiger partial charge < -0.3 is 9.80 Å². The van der Waals surface area contributed by atoms with Crippen LogP contribution in [0.4, 0.5) is 5.13 Å². The zero-order valence-electron chi connectivity index (χ0n) is 14.3. The van der Waals surface area contributed by atoms with Crippen LogP contribution >= 0.6 is 11.3 Å². The monoisotopic (exact) mass is 343 g/mol. The molecule has 24 heavy (non-hydrogen) atoms. The number of nitrogens with zero attached hydrogens (tertiary/aromatic N) is 5. The second kappa shape index (κ2) is 7.15. The molecule has 0 atom stereocenters. The van der Waals surface area contributed by atoms with Gasteiger partial charge in [-0.3, -0.25) is 4.98 Å². The van der Waals surface area contributed by atoms with Crippen LogP contribution in [0.5, 0.6) is 0 Å². The molecule has 6 heteroatoms. The molecule has 0 unspecified atom stereocenters. The smallest absolute Gasteiger partial charge is 0.208 e. The molecule has 1 aliphatic carbocycles. The maximum absolute atomic E-state index is 4.42. The highest BCUT2D eigenvalue weighted by atomic mass is 32.1. The third-order valence-electron chi connectivity index (χ3n) is 5.17. The van der Waals surface area contributed by atoms with Gasteiger partial charge in [0.25, 0.3) is 0 Å². The van der Waals surface area contributed by atoms with Crippen LogP contribution in [0, 0.1) is 0 Å². The molecule has 1 saturated carbocycles. The van der Waals surface area contributed by atoms with Crippen molar-refractivity contribution in [2.24, 2.45) is 0 Å². The molecule has 0 N–H and O–H groups in total. The number of anilines is 1. The Morgan fingerprint density at radius 1 is 1.17 bits per heavy atom. The first-order valence-electron chi connectivity index (χ1n) is 8.98. The van der Waals surface area contributed by atoms with Crippen molar-refractivity contribution in [3.8, 4) is 0 Å². The second-order valence-corrected chi connectivity index (χ2v) is 7.94. The minimum atomic E-state index is 0.594. The van der Waals surface area contributed by atoms with E-state index in [9.17, 15) is 0 Å². The minimum Gasteiger partial charge on any atom is -0.347 e. The van der Waals surface area contributed by atoms with Crippen molar-refractivity contribution in [3.63, 3.8) is 0 Å². The van der Waals surface area contributed by atoms with Crippen molar-refractivity contribution in [1.82, 2.24) is 20.1 Å². The van der Waals surface area contributed by atoms with E-state index in [-0.39, 0.29) is 0 Å². The maximum Gasteiger partial charge on any atom is 0.208 e. The molecule has 0 radical (unpaired) electrons. The normalized spacial score (nSPS) is 19.5. The van der Waals surface area contributed by atoms with E-state index in [1.54, 1.807) is 11.3 Å².